The quantitative estimate of drug-likeness (QED) is 0.659. The van der Waals surface area contributed by atoms with E-state index in [0.717, 1.165) is 48.4 Å². The van der Waals surface area contributed by atoms with Crippen molar-refractivity contribution in [1.82, 2.24) is 5.32 Å². The molecule has 160 valence electrons. The number of nitrogens with one attached hydrogen (secondary N) is 2. The number of nitrogens with zero attached hydrogens (tertiary/aromatic N) is 1. The van der Waals surface area contributed by atoms with E-state index in [1.54, 1.807) is 0 Å². The number of amides is 2. The van der Waals surface area contributed by atoms with E-state index in [2.05, 4.69) is 28.5 Å². The van der Waals surface area contributed by atoms with Gasteiger partial charge in [0.15, 0.2) is 0 Å². The van der Waals surface area contributed by atoms with Crippen molar-refractivity contribution in [3.8, 4) is 0 Å². The zero-order chi connectivity index (χ0) is 21.5. The van der Waals surface area contributed by atoms with Crippen LogP contribution in [-0.4, -0.2) is 30.9 Å². The number of aryl methyl sites for hydroxylation is 2. The number of carbonyl (C=O) groups excluding carboxylic acids is 2. The molecule has 3 rings (SSSR count). The van der Waals surface area contributed by atoms with Gasteiger partial charge < -0.3 is 15.5 Å². The Bertz CT molecular complexity index is 888. The molecule has 5 heteroatoms. The van der Waals surface area contributed by atoms with Crippen molar-refractivity contribution >= 4 is 23.2 Å². The van der Waals surface area contributed by atoms with Crippen LogP contribution in [-0.2, 0) is 4.79 Å². The molecule has 0 aromatic heterocycles. The second kappa shape index (κ2) is 10.3. The number of anilines is 2. The van der Waals surface area contributed by atoms with Crippen LogP contribution in [0.5, 0.6) is 0 Å². The van der Waals surface area contributed by atoms with Gasteiger partial charge in [-0.2, -0.15) is 0 Å². The molecule has 1 aliphatic rings. The number of benzene rings is 2. The van der Waals surface area contributed by atoms with Gasteiger partial charge in [-0.1, -0.05) is 43.5 Å². The summed E-state index contributed by atoms with van der Waals surface area (Å²) in [7, 11) is 0. The van der Waals surface area contributed by atoms with Crippen LogP contribution < -0.4 is 15.5 Å². The molecule has 0 spiro atoms. The topological polar surface area (TPSA) is 61.4 Å². The Balaban J connectivity index is 1.71. The molecular formula is C25H33N3O2. The third kappa shape index (κ3) is 5.62. The highest BCUT2D eigenvalue weighted by Gasteiger charge is 2.22. The van der Waals surface area contributed by atoms with Crippen molar-refractivity contribution in [1.29, 1.82) is 0 Å². The predicted octanol–water partition coefficient (Wildman–Crippen LogP) is 4.83. The van der Waals surface area contributed by atoms with Crippen molar-refractivity contribution < 1.29 is 9.59 Å². The van der Waals surface area contributed by atoms with Crippen LogP contribution in [0.3, 0.4) is 0 Å². The van der Waals surface area contributed by atoms with Crippen molar-refractivity contribution in [3.05, 3.63) is 59.2 Å². The fourth-order valence-electron chi connectivity index (χ4n) is 3.88. The highest BCUT2D eigenvalue weighted by Crippen LogP contribution is 2.23. The van der Waals surface area contributed by atoms with Crippen LogP contribution in [0.2, 0.25) is 0 Å². The molecule has 1 aliphatic heterocycles. The molecule has 0 saturated carbocycles. The van der Waals surface area contributed by atoms with Crippen LogP contribution in [0, 0.1) is 13.8 Å². The Morgan fingerprint density at radius 1 is 1.07 bits per heavy atom. The van der Waals surface area contributed by atoms with Crippen LogP contribution in [0.1, 0.15) is 60.5 Å². The molecule has 30 heavy (non-hydrogen) atoms. The first-order valence-electron chi connectivity index (χ1n) is 11.0. The van der Waals surface area contributed by atoms with Crippen molar-refractivity contribution in [2.75, 3.05) is 23.3 Å². The number of rotatable bonds is 8. The summed E-state index contributed by atoms with van der Waals surface area (Å²) in [5.41, 5.74) is 4.46. The monoisotopic (exact) mass is 407 g/mol. The number of unbranched alkanes of at least 4 members (excludes halogenated alkanes) is 1. The summed E-state index contributed by atoms with van der Waals surface area (Å²) in [6.07, 6.45) is 4.87. The Morgan fingerprint density at radius 2 is 1.83 bits per heavy atom. The van der Waals surface area contributed by atoms with Gasteiger partial charge in [-0.3, -0.25) is 9.59 Å². The highest BCUT2D eigenvalue weighted by atomic mass is 16.2. The third-order valence-electron chi connectivity index (χ3n) is 5.69. The first-order valence-corrected chi connectivity index (χ1v) is 11.0. The molecule has 1 heterocycles. The Labute approximate surface area is 179 Å². The summed E-state index contributed by atoms with van der Waals surface area (Å²) in [6.45, 7) is 8.08. The molecule has 1 unspecified atom stereocenters. The van der Waals surface area contributed by atoms with Gasteiger partial charge in [0.1, 0.15) is 6.04 Å². The van der Waals surface area contributed by atoms with Crippen LogP contribution in [0.4, 0.5) is 11.4 Å². The van der Waals surface area contributed by atoms with E-state index in [0.29, 0.717) is 12.0 Å². The lowest BCUT2D eigenvalue weighted by Crippen LogP contribution is -2.44. The Morgan fingerprint density at radius 3 is 2.57 bits per heavy atom. The molecule has 1 saturated heterocycles. The summed E-state index contributed by atoms with van der Waals surface area (Å²) >= 11 is 0. The Hall–Kier alpha value is -2.82. The van der Waals surface area contributed by atoms with Gasteiger partial charge in [-0.15, -0.1) is 0 Å². The molecule has 2 aromatic carbocycles. The molecule has 1 atom stereocenters. The maximum atomic E-state index is 13.0. The van der Waals surface area contributed by atoms with E-state index in [1.807, 2.05) is 50.2 Å². The number of hydrogen-bond acceptors (Lipinski definition) is 3. The van der Waals surface area contributed by atoms with Gasteiger partial charge in [0.05, 0.1) is 0 Å². The lowest BCUT2D eigenvalue weighted by atomic mass is 10.0. The zero-order valence-electron chi connectivity index (χ0n) is 18.3. The molecule has 2 aromatic rings. The van der Waals surface area contributed by atoms with E-state index in [-0.39, 0.29) is 11.8 Å². The van der Waals surface area contributed by atoms with Gasteiger partial charge in [-0.05, 0) is 62.9 Å². The normalized spacial score (nSPS) is 14.4. The van der Waals surface area contributed by atoms with Crippen molar-refractivity contribution in [2.24, 2.45) is 0 Å². The van der Waals surface area contributed by atoms with Crippen molar-refractivity contribution in [3.63, 3.8) is 0 Å². The summed E-state index contributed by atoms with van der Waals surface area (Å²) < 4.78 is 0. The molecule has 0 radical (unpaired) electrons. The molecule has 0 bridgehead atoms. The molecule has 0 aliphatic carbocycles. The van der Waals surface area contributed by atoms with Gasteiger partial charge in [0, 0.05) is 30.0 Å². The molecule has 2 N–H and O–H groups in total. The van der Waals surface area contributed by atoms with E-state index >= 15 is 0 Å². The zero-order valence-corrected chi connectivity index (χ0v) is 18.3. The Kier molecular flexibility index (Phi) is 7.50. The van der Waals surface area contributed by atoms with Crippen LogP contribution >= 0.6 is 0 Å². The van der Waals surface area contributed by atoms with E-state index in [4.69, 9.17) is 0 Å². The number of carbonyl (C=O) groups is 2. The van der Waals surface area contributed by atoms with Crippen LogP contribution in [0.15, 0.2) is 42.5 Å². The third-order valence-corrected chi connectivity index (χ3v) is 5.69. The molecule has 1 fully saturated rings. The largest absolute Gasteiger partial charge is 0.371 e. The second-order valence-corrected chi connectivity index (χ2v) is 8.22. The highest BCUT2D eigenvalue weighted by molar-refractivity contribution is 6.02. The minimum atomic E-state index is -0.562. The van der Waals surface area contributed by atoms with Crippen molar-refractivity contribution in [2.45, 2.75) is 58.9 Å². The van der Waals surface area contributed by atoms with Gasteiger partial charge >= 0.3 is 0 Å². The minimum Gasteiger partial charge on any atom is -0.371 e. The fourth-order valence-corrected chi connectivity index (χ4v) is 3.88. The number of hydrogen-bond donors (Lipinski definition) is 2. The molecule has 2 amide bonds. The van der Waals surface area contributed by atoms with Gasteiger partial charge in [0.25, 0.3) is 5.91 Å². The molecular weight excluding hydrogens is 374 g/mol. The maximum Gasteiger partial charge on any atom is 0.252 e. The van der Waals surface area contributed by atoms with E-state index < -0.39 is 6.04 Å². The second-order valence-electron chi connectivity index (χ2n) is 8.22. The summed E-state index contributed by atoms with van der Waals surface area (Å²) in [5.74, 6) is -0.362. The SMILES string of the molecule is CCCCC(NC(=O)c1cc(C)ccc1C)C(=O)Nc1cccc(N2CCCC2)c1. The molecule has 5 nitrogen and oxygen atoms in total. The minimum absolute atomic E-state index is 0.166. The standard InChI is InChI=1S/C25H33N3O2/c1-4-5-11-23(27-24(29)22-16-18(2)12-13-19(22)3)25(30)26-20-9-8-10-21(17-20)28-14-6-7-15-28/h8-10,12-13,16-17,23H,4-7,11,14-15H2,1-3H3,(H,26,30)(H,27,29). The van der Waals surface area contributed by atoms with E-state index in [1.165, 1.54) is 12.8 Å². The summed E-state index contributed by atoms with van der Waals surface area (Å²) in [4.78, 5) is 28.2. The maximum absolute atomic E-state index is 13.0. The first-order chi connectivity index (χ1) is 14.5. The average molecular weight is 408 g/mol. The van der Waals surface area contributed by atoms with Crippen LogP contribution in [0.25, 0.3) is 0 Å². The lowest BCUT2D eigenvalue weighted by molar-refractivity contribution is -0.118. The lowest BCUT2D eigenvalue weighted by Gasteiger charge is -2.21. The smallest absolute Gasteiger partial charge is 0.252 e. The first kappa shape index (κ1) is 21.9. The van der Waals surface area contributed by atoms with E-state index in [9.17, 15) is 9.59 Å². The predicted molar refractivity (Wildman–Crippen MR) is 123 cm³/mol. The fraction of sp³-hybridized carbons (Fsp3) is 0.440. The average Bonchev–Trinajstić information content (AvgIpc) is 3.28. The summed E-state index contributed by atoms with van der Waals surface area (Å²) in [6, 6.07) is 13.2. The van der Waals surface area contributed by atoms with Gasteiger partial charge in [0.2, 0.25) is 5.91 Å². The summed E-state index contributed by atoms with van der Waals surface area (Å²) in [5, 5.41) is 5.98. The van der Waals surface area contributed by atoms with Gasteiger partial charge in [-0.25, -0.2) is 0 Å².